The summed E-state index contributed by atoms with van der Waals surface area (Å²) in [5.41, 5.74) is 1.83. The number of hydrogen-bond acceptors (Lipinski definition) is 3. The molecule has 19 heavy (non-hydrogen) atoms. The van der Waals surface area contributed by atoms with Crippen LogP contribution in [0.2, 0.25) is 10.0 Å². The normalized spacial score (nSPS) is 10.6. The van der Waals surface area contributed by atoms with E-state index in [1.807, 2.05) is 23.6 Å². The van der Waals surface area contributed by atoms with Gasteiger partial charge in [0.25, 0.3) is 0 Å². The van der Waals surface area contributed by atoms with E-state index in [0.29, 0.717) is 10.0 Å². The molecule has 0 spiro atoms. The fourth-order valence-corrected chi connectivity index (χ4v) is 2.95. The molecule has 100 valence electrons. The molecule has 0 atom stereocenters. The van der Waals surface area contributed by atoms with Gasteiger partial charge in [0.1, 0.15) is 0 Å². The molecule has 1 aromatic heterocycles. The first-order valence-electron chi connectivity index (χ1n) is 5.92. The third-order valence-corrected chi connectivity index (χ3v) is 4.02. The van der Waals surface area contributed by atoms with Crippen molar-refractivity contribution >= 4 is 34.5 Å². The van der Waals surface area contributed by atoms with E-state index < -0.39 is 0 Å². The second kappa shape index (κ2) is 7.06. The number of benzene rings is 1. The van der Waals surface area contributed by atoms with Crippen LogP contribution in [-0.2, 0) is 6.42 Å². The van der Waals surface area contributed by atoms with Crippen LogP contribution in [0.4, 0.5) is 0 Å². The Morgan fingerprint density at radius 1 is 1.37 bits per heavy atom. The minimum absolute atomic E-state index is 0.633. The Bertz CT molecular complexity index is 566. The molecule has 2 rings (SSSR count). The number of hydrogen-bond donors (Lipinski definition) is 1. The minimum Gasteiger partial charge on any atom is -0.313 e. The molecular formula is C14H14Cl2N2S. The average molecular weight is 313 g/mol. The van der Waals surface area contributed by atoms with E-state index in [9.17, 15) is 0 Å². The molecule has 0 unspecified atom stereocenters. The smallest absolute Gasteiger partial charge is 0.0945 e. The summed E-state index contributed by atoms with van der Waals surface area (Å²) in [6.07, 6.45) is 2.75. The summed E-state index contributed by atoms with van der Waals surface area (Å²) in [6, 6.07) is 5.47. The highest BCUT2D eigenvalue weighted by Gasteiger charge is 2.08. The van der Waals surface area contributed by atoms with Gasteiger partial charge in [-0.2, -0.15) is 0 Å². The number of halogens is 2. The van der Waals surface area contributed by atoms with E-state index in [1.54, 1.807) is 17.4 Å². The van der Waals surface area contributed by atoms with Crippen molar-refractivity contribution < 1.29 is 0 Å². The highest BCUT2D eigenvalue weighted by atomic mass is 35.5. The van der Waals surface area contributed by atoms with Gasteiger partial charge in [0.2, 0.25) is 0 Å². The quantitative estimate of drug-likeness (QED) is 0.630. The second-order valence-corrected chi connectivity index (χ2v) is 5.78. The van der Waals surface area contributed by atoms with Crippen molar-refractivity contribution in [3.8, 4) is 11.3 Å². The zero-order chi connectivity index (χ0) is 13.7. The van der Waals surface area contributed by atoms with Gasteiger partial charge in [-0.25, -0.2) is 4.98 Å². The number of nitrogens with zero attached hydrogens (tertiary/aromatic N) is 1. The Hall–Kier alpha value is -0.870. The van der Waals surface area contributed by atoms with Gasteiger partial charge in [0, 0.05) is 35.5 Å². The largest absolute Gasteiger partial charge is 0.313 e. The van der Waals surface area contributed by atoms with E-state index in [2.05, 4.69) is 16.9 Å². The molecule has 1 N–H and O–H groups in total. The van der Waals surface area contributed by atoms with Gasteiger partial charge in [-0.05, 0) is 18.2 Å². The Balaban J connectivity index is 2.05. The molecule has 0 aliphatic heterocycles. The SMILES string of the molecule is C=CCNCCc1nc(-c2ccc(Cl)cc2Cl)cs1. The Kier molecular flexibility index (Phi) is 5.40. The minimum atomic E-state index is 0.633. The molecule has 0 fully saturated rings. The van der Waals surface area contributed by atoms with Crippen molar-refractivity contribution in [2.24, 2.45) is 0 Å². The Labute approximate surface area is 127 Å². The maximum atomic E-state index is 6.18. The van der Waals surface area contributed by atoms with Gasteiger partial charge < -0.3 is 5.32 Å². The van der Waals surface area contributed by atoms with Crippen LogP contribution in [-0.4, -0.2) is 18.1 Å². The van der Waals surface area contributed by atoms with Crippen LogP contribution < -0.4 is 5.32 Å². The third-order valence-electron chi connectivity index (χ3n) is 2.56. The molecular weight excluding hydrogens is 299 g/mol. The van der Waals surface area contributed by atoms with Crippen molar-refractivity contribution in [1.29, 1.82) is 0 Å². The Morgan fingerprint density at radius 2 is 2.21 bits per heavy atom. The lowest BCUT2D eigenvalue weighted by molar-refractivity contribution is 0.742. The molecule has 1 heterocycles. The molecule has 0 aliphatic rings. The van der Waals surface area contributed by atoms with Crippen molar-refractivity contribution in [2.75, 3.05) is 13.1 Å². The zero-order valence-corrected chi connectivity index (χ0v) is 12.7. The van der Waals surface area contributed by atoms with Crippen LogP contribution >= 0.6 is 34.5 Å². The number of thiazole rings is 1. The van der Waals surface area contributed by atoms with Gasteiger partial charge in [0.15, 0.2) is 0 Å². The first-order valence-corrected chi connectivity index (χ1v) is 7.55. The monoisotopic (exact) mass is 312 g/mol. The van der Waals surface area contributed by atoms with E-state index in [4.69, 9.17) is 23.2 Å². The molecule has 0 saturated heterocycles. The summed E-state index contributed by atoms with van der Waals surface area (Å²) in [7, 11) is 0. The zero-order valence-electron chi connectivity index (χ0n) is 10.3. The highest BCUT2D eigenvalue weighted by Crippen LogP contribution is 2.31. The maximum Gasteiger partial charge on any atom is 0.0945 e. The number of nitrogens with one attached hydrogen (secondary N) is 1. The van der Waals surface area contributed by atoms with E-state index in [1.165, 1.54) is 0 Å². The van der Waals surface area contributed by atoms with Crippen LogP contribution in [0, 0.1) is 0 Å². The first kappa shape index (κ1) is 14.5. The van der Waals surface area contributed by atoms with Crippen LogP contribution in [0.1, 0.15) is 5.01 Å². The fourth-order valence-electron chi connectivity index (χ4n) is 1.65. The van der Waals surface area contributed by atoms with Gasteiger partial charge in [-0.3, -0.25) is 0 Å². The molecule has 5 heteroatoms. The van der Waals surface area contributed by atoms with Crippen LogP contribution in [0.25, 0.3) is 11.3 Å². The molecule has 0 amide bonds. The highest BCUT2D eigenvalue weighted by molar-refractivity contribution is 7.09. The van der Waals surface area contributed by atoms with Crippen molar-refractivity contribution in [3.63, 3.8) is 0 Å². The summed E-state index contributed by atoms with van der Waals surface area (Å²) in [5.74, 6) is 0. The van der Waals surface area contributed by atoms with Crippen molar-refractivity contribution in [1.82, 2.24) is 10.3 Å². The maximum absolute atomic E-state index is 6.18. The van der Waals surface area contributed by atoms with Gasteiger partial charge in [0.05, 0.1) is 15.7 Å². The van der Waals surface area contributed by atoms with Gasteiger partial charge in [-0.15, -0.1) is 17.9 Å². The Morgan fingerprint density at radius 3 is 2.95 bits per heavy atom. The van der Waals surface area contributed by atoms with E-state index in [0.717, 1.165) is 35.8 Å². The molecule has 0 radical (unpaired) electrons. The predicted molar refractivity (Wildman–Crippen MR) is 84.3 cm³/mol. The van der Waals surface area contributed by atoms with Crippen LogP contribution in [0.3, 0.4) is 0 Å². The van der Waals surface area contributed by atoms with Crippen molar-refractivity contribution in [2.45, 2.75) is 6.42 Å². The average Bonchev–Trinajstić information content (AvgIpc) is 2.83. The lowest BCUT2D eigenvalue weighted by Crippen LogP contribution is -2.16. The third kappa shape index (κ3) is 4.05. The summed E-state index contributed by atoms with van der Waals surface area (Å²) >= 11 is 13.7. The lowest BCUT2D eigenvalue weighted by Gasteiger charge is -2.01. The second-order valence-electron chi connectivity index (χ2n) is 3.99. The first-order chi connectivity index (χ1) is 9.20. The summed E-state index contributed by atoms with van der Waals surface area (Å²) < 4.78 is 0. The fraction of sp³-hybridized carbons (Fsp3) is 0.214. The van der Waals surface area contributed by atoms with Crippen LogP contribution in [0.15, 0.2) is 36.2 Å². The predicted octanol–water partition coefficient (Wildman–Crippen LogP) is 4.44. The molecule has 2 nitrogen and oxygen atoms in total. The van der Waals surface area contributed by atoms with Crippen molar-refractivity contribution in [3.05, 3.63) is 51.3 Å². The summed E-state index contributed by atoms with van der Waals surface area (Å²) in [5, 5.41) is 7.65. The summed E-state index contributed by atoms with van der Waals surface area (Å²) in [6.45, 7) is 5.38. The van der Waals surface area contributed by atoms with Gasteiger partial charge >= 0.3 is 0 Å². The van der Waals surface area contributed by atoms with Gasteiger partial charge in [-0.1, -0.05) is 29.3 Å². The number of aromatic nitrogens is 1. The van der Waals surface area contributed by atoms with E-state index in [-0.39, 0.29) is 0 Å². The topological polar surface area (TPSA) is 24.9 Å². The van der Waals surface area contributed by atoms with Crippen LogP contribution in [0.5, 0.6) is 0 Å². The molecule has 0 bridgehead atoms. The summed E-state index contributed by atoms with van der Waals surface area (Å²) in [4.78, 5) is 4.59. The number of rotatable bonds is 6. The standard InChI is InChI=1S/C14H14Cl2N2S/c1-2-6-17-7-5-14-18-13(9-19-14)11-4-3-10(15)8-12(11)16/h2-4,8-9,17H,1,5-7H2. The molecule has 1 aromatic carbocycles. The lowest BCUT2D eigenvalue weighted by atomic mass is 10.2. The molecule has 2 aromatic rings. The molecule has 0 aliphatic carbocycles. The molecule has 0 saturated carbocycles. The van der Waals surface area contributed by atoms with E-state index >= 15 is 0 Å².